The van der Waals surface area contributed by atoms with E-state index in [4.69, 9.17) is 4.74 Å². The van der Waals surface area contributed by atoms with E-state index in [9.17, 15) is 9.59 Å². The lowest BCUT2D eigenvalue weighted by molar-refractivity contribution is -0.124. The average Bonchev–Trinajstić information content (AvgIpc) is 2.92. The van der Waals surface area contributed by atoms with Crippen LogP contribution in [0, 0.1) is 0 Å². The van der Waals surface area contributed by atoms with Crippen LogP contribution in [-0.4, -0.2) is 68.0 Å². The van der Waals surface area contributed by atoms with E-state index in [2.05, 4.69) is 15.6 Å². The molecule has 1 aromatic rings. The number of halogens is 1. The molecule has 0 radical (unpaired) electrons. The number of aliphatic imine (C=N–C) groups is 1. The molecule has 0 aliphatic carbocycles. The standard InChI is InChI=1S/C17H25N5O3.HI/c1-4-25-14-7-5-13(6-8-14)12-21(3)16(18-2)19-9-10-22-15(23)11-20-17(22)24;/h5-8H,4,9-12H2,1-3H3,(H,18,19)(H,20,24);1H. The van der Waals surface area contributed by atoms with Crippen molar-refractivity contribution in [1.82, 2.24) is 20.4 Å². The average molecular weight is 475 g/mol. The Kier molecular flexibility index (Phi) is 9.17. The van der Waals surface area contributed by atoms with Gasteiger partial charge in [0.05, 0.1) is 13.2 Å². The zero-order valence-electron chi connectivity index (χ0n) is 15.3. The van der Waals surface area contributed by atoms with Crippen LogP contribution >= 0.6 is 24.0 Å². The fourth-order valence-corrected chi connectivity index (χ4v) is 2.55. The van der Waals surface area contributed by atoms with Gasteiger partial charge in [0.2, 0.25) is 5.91 Å². The summed E-state index contributed by atoms with van der Waals surface area (Å²) >= 11 is 0. The molecule has 1 aliphatic heterocycles. The molecule has 0 bridgehead atoms. The fourth-order valence-electron chi connectivity index (χ4n) is 2.55. The zero-order valence-corrected chi connectivity index (χ0v) is 17.6. The van der Waals surface area contributed by atoms with Crippen LogP contribution in [-0.2, 0) is 11.3 Å². The monoisotopic (exact) mass is 475 g/mol. The van der Waals surface area contributed by atoms with Crippen LogP contribution in [0.15, 0.2) is 29.3 Å². The molecule has 0 aromatic heterocycles. The van der Waals surface area contributed by atoms with Crippen molar-refractivity contribution in [2.24, 2.45) is 4.99 Å². The molecule has 2 rings (SSSR count). The summed E-state index contributed by atoms with van der Waals surface area (Å²) in [5.74, 6) is 1.34. The summed E-state index contributed by atoms with van der Waals surface area (Å²) in [6, 6.07) is 7.58. The summed E-state index contributed by atoms with van der Waals surface area (Å²) < 4.78 is 5.44. The molecule has 1 aliphatic rings. The third-order valence-electron chi connectivity index (χ3n) is 3.78. The van der Waals surface area contributed by atoms with Gasteiger partial charge in [-0.3, -0.25) is 14.7 Å². The summed E-state index contributed by atoms with van der Waals surface area (Å²) in [6.07, 6.45) is 0. The lowest BCUT2D eigenvalue weighted by atomic mass is 10.2. The molecule has 0 spiro atoms. The van der Waals surface area contributed by atoms with Crippen LogP contribution in [0.25, 0.3) is 0 Å². The second-order valence-corrected chi connectivity index (χ2v) is 5.61. The van der Waals surface area contributed by atoms with E-state index in [0.29, 0.717) is 32.2 Å². The Morgan fingerprint density at radius 2 is 2.04 bits per heavy atom. The first kappa shape index (κ1) is 22.0. The van der Waals surface area contributed by atoms with E-state index in [-0.39, 0.29) is 42.5 Å². The van der Waals surface area contributed by atoms with Crippen LogP contribution in [0.2, 0.25) is 0 Å². The maximum atomic E-state index is 11.5. The van der Waals surface area contributed by atoms with Crippen molar-refractivity contribution >= 4 is 41.9 Å². The minimum Gasteiger partial charge on any atom is -0.494 e. The minimum atomic E-state index is -0.343. The summed E-state index contributed by atoms with van der Waals surface area (Å²) in [6.45, 7) is 4.10. The molecule has 1 aromatic carbocycles. The quantitative estimate of drug-likeness (QED) is 0.269. The minimum absolute atomic E-state index is 0. The van der Waals surface area contributed by atoms with Crippen LogP contribution in [0.1, 0.15) is 12.5 Å². The SMILES string of the molecule is CCOc1ccc(CN(C)C(=NC)NCCN2C(=O)CNC2=O)cc1.I. The van der Waals surface area contributed by atoms with Gasteiger partial charge in [-0.2, -0.15) is 0 Å². The molecule has 0 unspecified atom stereocenters. The highest BCUT2D eigenvalue weighted by atomic mass is 127. The molecule has 1 saturated heterocycles. The Morgan fingerprint density at radius 1 is 1.35 bits per heavy atom. The van der Waals surface area contributed by atoms with Crippen molar-refractivity contribution in [1.29, 1.82) is 0 Å². The number of imide groups is 1. The highest BCUT2D eigenvalue weighted by molar-refractivity contribution is 14.0. The topological polar surface area (TPSA) is 86.3 Å². The van der Waals surface area contributed by atoms with Gasteiger partial charge in [0.1, 0.15) is 5.75 Å². The number of guanidine groups is 1. The Hall–Kier alpha value is -2.04. The molecule has 2 N–H and O–H groups in total. The van der Waals surface area contributed by atoms with Gasteiger partial charge in [-0.1, -0.05) is 12.1 Å². The number of carbonyl (C=O) groups is 2. The first-order valence-corrected chi connectivity index (χ1v) is 8.27. The van der Waals surface area contributed by atoms with Crippen molar-refractivity contribution in [2.45, 2.75) is 13.5 Å². The van der Waals surface area contributed by atoms with Crippen molar-refractivity contribution in [3.63, 3.8) is 0 Å². The Balaban J connectivity index is 0.00000338. The van der Waals surface area contributed by atoms with Crippen LogP contribution < -0.4 is 15.4 Å². The van der Waals surface area contributed by atoms with Crippen molar-refractivity contribution in [2.75, 3.05) is 40.3 Å². The van der Waals surface area contributed by atoms with E-state index < -0.39 is 0 Å². The molecular weight excluding hydrogens is 449 g/mol. The van der Waals surface area contributed by atoms with Crippen LogP contribution in [0.3, 0.4) is 0 Å². The van der Waals surface area contributed by atoms with Crippen molar-refractivity contribution < 1.29 is 14.3 Å². The number of rotatable bonds is 7. The van der Waals surface area contributed by atoms with Crippen LogP contribution in [0.4, 0.5) is 4.79 Å². The van der Waals surface area contributed by atoms with Gasteiger partial charge in [-0.15, -0.1) is 24.0 Å². The number of urea groups is 1. The molecule has 1 heterocycles. The number of benzene rings is 1. The highest BCUT2D eigenvalue weighted by Crippen LogP contribution is 2.13. The summed E-state index contributed by atoms with van der Waals surface area (Å²) in [5.41, 5.74) is 1.13. The van der Waals surface area contributed by atoms with E-state index in [1.807, 2.05) is 43.1 Å². The molecule has 144 valence electrons. The summed E-state index contributed by atoms with van der Waals surface area (Å²) in [5, 5.41) is 5.67. The van der Waals surface area contributed by atoms with Gasteiger partial charge in [0.25, 0.3) is 0 Å². The third-order valence-corrected chi connectivity index (χ3v) is 3.78. The van der Waals surface area contributed by atoms with Crippen molar-refractivity contribution in [3.05, 3.63) is 29.8 Å². The van der Waals surface area contributed by atoms with Gasteiger partial charge in [0.15, 0.2) is 5.96 Å². The summed E-state index contributed by atoms with van der Waals surface area (Å²) in [7, 11) is 3.63. The normalized spacial score (nSPS) is 14.0. The summed E-state index contributed by atoms with van der Waals surface area (Å²) in [4.78, 5) is 30.4. The number of ether oxygens (including phenoxy) is 1. The Labute approximate surface area is 171 Å². The molecular formula is C17H26IN5O3. The molecule has 0 saturated carbocycles. The van der Waals surface area contributed by atoms with E-state index in [0.717, 1.165) is 11.3 Å². The van der Waals surface area contributed by atoms with Crippen LogP contribution in [0.5, 0.6) is 5.75 Å². The number of carbonyl (C=O) groups excluding carboxylic acids is 2. The number of hydrogen-bond donors (Lipinski definition) is 2. The predicted octanol–water partition coefficient (Wildman–Crippen LogP) is 1.26. The zero-order chi connectivity index (χ0) is 18.2. The Morgan fingerprint density at radius 3 is 2.58 bits per heavy atom. The third kappa shape index (κ3) is 6.04. The molecule has 1 fully saturated rings. The van der Waals surface area contributed by atoms with E-state index in [1.165, 1.54) is 4.90 Å². The first-order valence-electron chi connectivity index (χ1n) is 8.27. The number of nitrogens with zero attached hydrogens (tertiary/aromatic N) is 3. The number of hydrogen-bond acceptors (Lipinski definition) is 4. The van der Waals surface area contributed by atoms with Gasteiger partial charge in [0, 0.05) is 33.7 Å². The van der Waals surface area contributed by atoms with Crippen molar-refractivity contribution in [3.8, 4) is 5.75 Å². The smallest absolute Gasteiger partial charge is 0.324 e. The van der Waals surface area contributed by atoms with Gasteiger partial charge < -0.3 is 20.3 Å². The van der Waals surface area contributed by atoms with Gasteiger partial charge in [-0.25, -0.2) is 4.79 Å². The molecule has 3 amide bonds. The number of amides is 3. The number of nitrogens with one attached hydrogen (secondary N) is 2. The molecule has 9 heteroatoms. The van der Waals surface area contributed by atoms with Gasteiger partial charge >= 0.3 is 6.03 Å². The molecule has 26 heavy (non-hydrogen) atoms. The largest absolute Gasteiger partial charge is 0.494 e. The highest BCUT2D eigenvalue weighted by Gasteiger charge is 2.27. The van der Waals surface area contributed by atoms with E-state index >= 15 is 0 Å². The maximum absolute atomic E-state index is 11.5. The van der Waals surface area contributed by atoms with E-state index in [1.54, 1.807) is 7.05 Å². The predicted molar refractivity (Wildman–Crippen MR) is 111 cm³/mol. The second kappa shape index (κ2) is 10.8. The molecule has 0 atom stereocenters. The lowest BCUT2D eigenvalue weighted by Crippen LogP contribution is -2.43. The lowest BCUT2D eigenvalue weighted by Gasteiger charge is -2.23. The second-order valence-electron chi connectivity index (χ2n) is 5.61. The Bertz CT molecular complexity index is 620. The molecule has 8 nitrogen and oxygen atoms in total. The first-order chi connectivity index (χ1) is 12.0. The fraction of sp³-hybridized carbons (Fsp3) is 0.471. The maximum Gasteiger partial charge on any atom is 0.324 e. The van der Waals surface area contributed by atoms with Gasteiger partial charge in [-0.05, 0) is 24.6 Å².